The lowest BCUT2D eigenvalue weighted by Gasteiger charge is -2.04. The van der Waals surface area contributed by atoms with E-state index >= 15 is 0 Å². The quantitative estimate of drug-likeness (QED) is 0.573. The van der Waals surface area contributed by atoms with Crippen LogP contribution in [0.2, 0.25) is 0 Å². The van der Waals surface area contributed by atoms with E-state index in [9.17, 15) is 4.79 Å². The predicted molar refractivity (Wildman–Crippen MR) is 63.1 cm³/mol. The monoisotopic (exact) mass is 225 g/mol. The normalized spacial score (nSPS) is 9.12. The van der Waals surface area contributed by atoms with Gasteiger partial charge in [-0.3, -0.25) is 10.1 Å². The number of carboxylic acid groups (broad SMARTS) is 1. The first-order chi connectivity index (χ1) is 7.79. The van der Waals surface area contributed by atoms with E-state index in [0.29, 0.717) is 6.61 Å². The highest BCUT2D eigenvalue weighted by molar-refractivity contribution is 5.68. The first kappa shape index (κ1) is 14.6. The second kappa shape index (κ2) is 10.1. The van der Waals surface area contributed by atoms with Crippen LogP contribution in [0, 0.1) is 0 Å². The molecule has 4 heteroatoms. The number of hydrogen-bond acceptors (Lipinski definition) is 3. The van der Waals surface area contributed by atoms with Crippen molar-refractivity contribution in [2.45, 2.75) is 20.5 Å². The molecule has 0 aromatic heterocycles. The number of nitrogens with one attached hydrogen (secondary N) is 1. The van der Waals surface area contributed by atoms with Crippen LogP contribution in [-0.2, 0) is 16.1 Å². The molecule has 0 aliphatic heterocycles. The fourth-order valence-electron chi connectivity index (χ4n) is 0.973. The number of ether oxygens (including phenoxy) is 1. The first-order valence-corrected chi connectivity index (χ1v) is 5.33. The first-order valence-electron chi connectivity index (χ1n) is 5.33. The fraction of sp³-hybridized carbons (Fsp3) is 0.417. The molecule has 0 aliphatic carbocycles. The topological polar surface area (TPSA) is 58.6 Å². The summed E-state index contributed by atoms with van der Waals surface area (Å²) in [6.45, 7) is 4.67. The van der Waals surface area contributed by atoms with Crippen molar-refractivity contribution in [2.75, 3.05) is 13.3 Å². The lowest BCUT2D eigenvalue weighted by atomic mass is 10.2. The third kappa shape index (κ3) is 7.96. The van der Waals surface area contributed by atoms with Crippen molar-refractivity contribution < 1.29 is 14.6 Å². The lowest BCUT2D eigenvalue weighted by Crippen LogP contribution is -2.24. The maximum atomic E-state index is 10.1. The minimum Gasteiger partial charge on any atom is -0.480 e. The summed E-state index contributed by atoms with van der Waals surface area (Å²) in [4.78, 5) is 10.1. The van der Waals surface area contributed by atoms with E-state index in [1.54, 1.807) is 0 Å². The average molecular weight is 225 g/mol. The molecule has 0 heterocycles. The zero-order valence-corrected chi connectivity index (χ0v) is 9.77. The van der Waals surface area contributed by atoms with E-state index in [4.69, 9.17) is 9.84 Å². The highest BCUT2D eigenvalue weighted by Crippen LogP contribution is 1.99. The Morgan fingerprint density at radius 1 is 1.31 bits per heavy atom. The zero-order chi connectivity index (χ0) is 12.2. The SMILES string of the molecule is CC.O=C(O)CNCOCc1ccccc1. The van der Waals surface area contributed by atoms with Gasteiger partial charge in [0.25, 0.3) is 0 Å². The largest absolute Gasteiger partial charge is 0.480 e. The third-order valence-corrected chi connectivity index (χ3v) is 1.59. The lowest BCUT2D eigenvalue weighted by molar-refractivity contribution is -0.136. The summed E-state index contributed by atoms with van der Waals surface area (Å²) < 4.78 is 5.20. The fourth-order valence-corrected chi connectivity index (χ4v) is 0.973. The summed E-state index contributed by atoms with van der Waals surface area (Å²) in [5.41, 5.74) is 1.07. The molecule has 4 nitrogen and oxygen atoms in total. The van der Waals surface area contributed by atoms with Crippen molar-refractivity contribution in [1.29, 1.82) is 0 Å². The Morgan fingerprint density at radius 3 is 2.50 bits per heavy atom. The molecule has 0 fully saturated rings. The predicted octanol–water partition coefficient (Wildman–Crippen LogP) is 1.86. The molecule has 1 aromatic rings. The molecule has 90 valence electrons. The zero-order valence-electron chi connectivity index (χ0n) is 9.77. The van der Waals surface area contributed by atoms with Gasteiger partial charge in [-0.1, -0.05) is 44.2 Å². The second-order valence-corrected chi connectivity index (χ2v) is 2.80. The number of aliphatic carboxylic acids is 1. The molecule has 0 radical (unpaired) electrons. The van der Waals surface area contributed by atoms with Crippen LogP contribution in [-0.4, -0.2) is 24.4 Å². The summed E-state index contributed by atoms with van der Waals surface area (Å²) in [6.07, 6.45) is 0. The van der Waals surface area contributed by atoms with Gasteiger partial charge in [-0.15, -0.1) is 0 Å². The van der Waals surface area contributed by atoms with Gasteiger partial charge in [0.15, 0.2) is 0 Å². The Hall–Kier alpha value is -1.39. The molecular weight excluding hydrogens is 206 g/mol. The Kier molecular flexibility index (Phi) is 9.26. The highest BCUT2D eigenvalue weighted by atomic mass is 16.5. The van der Waals surface area contributed by atoms with Gasteiger partial charge in [-0.05, 0) is 5.56 Å². The standard InChI is InChI=1S/C10H13NO3.C2H6/c12-10(13)6-11-8-14-7-9-4-2-1-3-5-9;1-2/h1-5,11H,6-8H2,(H,12,13);1-2H3. The van der Waals surface area contributed by atoms with E-state index in [-0.39, 0.29) is 13.3 Å². The van der Waals surface area contributed by atoms with E-state index in [1.807, 2.05) is 44.2 Å². The summed E-state index contributed by atoms with van der Waals surface area (Å²) in [6, 6.07) is 9.72. The second-order valence-electron chi connectivity index (χ2n) is 2.80. The van der Waals surface area contributed by atoms with Gasteiger partial charge >= 0.3 is 5.97 Å². The number of hydrogen-bond donors (Lipinski definition) is 2. The van der Waals surface area contributed by atoms with Gasteiger partial charge in [0, 0.05) is 0 Å². The summed E-state index contributed by atoms with van der Waals surface area (Å²) in [5.74, 6) is -0.881. The summed E-state index contributed by atoms with van der Waals surface area (Å²) in [5, 5.41) is 10.9. The van der Waals surface area contributed by atoms with Crippen LogP contribution < -0.4 is 5.32 Å². The van der Waals surface area contributed by atoms with Crippen LogP contribution in [0.25, 0.3) is 0 Å². The van der Waals surface area contributed by atoms with Gasteiger partial charge in [0.2, 0.25) is 0 Å². The molecule has 0 unspecified atom stereocenters. The molecule has 0 amide bonds. The molecule has 0 bridgehead atoms. The average Bonchev–Trinajstić information content (AvgIpc) is 2.32. The van der Waals surface area contributed by atoms with E-state index in [2.05, 4.69) is 5.32 Å². The Labute approximate surface area is 96.2 Å². The van der Waals surface area contributed by atoms with Crippen LogP contribution in [0.3, 0.4) is 0 Å². The van der Waals surface area contributed by atoms with Gasteiger partial charge in [0.1, 0.15) is 0 Å². The molecule has 0 saturated carbocycles. The molecule has 0 saturated heterocycles. The molecule has 0 atom stereocenters. The van der Waals surface area contributed by atoms with Gasteiger partial charge < -0.3 is 9.84 Å². The molecule has 1 aromatic carbocycles. The number of carbonyl (C=O) groups is 1. The van der Waals surface area contributed by atoms with E-state index in [0.717, 1.165) is 5.56 Å². The molecule has 1 rings (SSSR count). The van der Waals surface area contributed by atoms with Gasteiger partial charge in [0.05, 0.1) is 19.9 Å². The number of benzene rings is 1. The maximum Gasteiger partial charge on any atom is 0.317 e. The molecule has 16 heavy (non-hydrogen) atoms. The van der Waals surface area contributed by atoms with Crippen molar-refractivity contribution in [3.8, 4) is 0 Å². The third-order valence-electron chi connectivity index (χ3n) is 1.59. The molecule has 0 spiro atoms. The van der Waals surface area contributed by atoms with Crippen LogP contribution >= 0.6 is 0 Å². The Balaban J connectivity index is 0.00000106. The van der Waals surface area contributed by atoms with Crippen LogP contribution in [0.4, 0.5) is 0 Å². The Bertz CT molecular complexity index is 275. The van der Waals surface area contributed by atoms with Crippen molar-refractivity contribution in [1.82, 2.24) is 5.32 Å². The molecule has 0 aliphatic rings. The van der Waals surface area contributed by atoms with Crippen LogP contribution in [0.15, 0.2) is 30.3 Å². The van der Waals surface area contributed by atoms with E-state index in [1.165, 1.54) is 0 Å². The highest BCUT2D eigenvalue weighted by Gasteiger charge is 1.94. The minimum absolute atomic E-state index is 0.0746. The van der Waals surface area contributed by atoms with Gasteiger partial charge in [-0.2, -0.15) is 0 Å². The molecule has 2 N–H and O–H groups in total. The summed E-state index contributed by atoms with van der Waals surface area (Å²) >= 11 is 0. The van der Waals surface area contributed by atoms with Crippen molar-refractivity contribution in [3.05, 3.63) is 35.9 Å². The van der Waals surface area contributed by atoms with Crippen molar-refractivity contribution >= 4 is 5.97 Å². The van der Waals surface area contributed by atoms with Crippen molar-refractivity contribution in [3.63, 3.8) is 0 Å². The smallest absolute Gasteiger partial charge is 0.317 e. The van der Waals surface area contributed by atoms with Crippen LogP contribution in [0.1, 0.15) is 19.4 Å². The summed E-state index contributed by atoms with van der Waals surface area (Å²) in [7, 11) is 0. The van der Waals surface area contributed by atoms with E-state index < -0.39 is 5.97 Å². The van der Waals surface area contributed by atoms with Crippen molar-refractivity contribution in [2.24, 2.45) is 0 Å². The molecular formula is C12H19NO3. The number of carboxylic acids is 1. The Morgan fingerprint density at radius 2 is 1.94 bits per heavy atom. The maximum absolute atomic E-state index is 10.1. The number of rotatable bonds is 6. The minimum atomic E-state index is -0.881. The van der Waals surface area contributed by atoms with Crippen LogP contribution in [0.5, 0.6) is 0 Å². The van der Waals surface area contributed by atoms with Gasteiger partial charge in [-0.25, -0.2) is 0 Å².